The van der Waals surface area contributed by atoms with Gasteiger partial charge in [0.15, 0.2) is 5.78 Å². The van der Waals surface area contributed by atoms with Crippen molar-refractivity contribution in [1.29, 1.82) is 0 Å². The highest BCUT2D eigenvalue weighted by Gasteiger charge is 2.42. The summed E-state index contributed by atoms with van der Waals surface area (Å²) in [5.41, 5.74) is 5.00. The summed E-state index contributed by atoms with van der Waals surface area (Å²) in [7, 11) is 1.64. The van der Waals surface area contributed by atoms with E-state index in [-0.39, 0.29) is 23.4 Å². The third-order valence-corrected chi connectivity index (χ3v) is 5.75. The summed E-state index contributed by atoms with van der Waals surface area (Å²) in [6.45, 7) is 3.38. The van der Waals surface area contributed by atoms with Crippen LogP contribution in [0.3, 0.4) is 0 Å². The smallest absolute Gasteiger partial charge is 0.269 e. The van der Waals surface area contributed by atoms with Crippen LogP contribution in [-0.2, 0) is 11.2 Å². The summed E-state index contributed by atoms with van der Waals surface area (Å²) in [4.78, 5) is 22.4. The minimum absolute atomic E-state index is 0.0490. The van der Waals surface area contributed by atoms with Crippen LogP contribution in [0.2, 0.25) is 0 Å². The number of fused-ring (bicyclic) bond motifs is 3. The molecule has 0 N–H and O–H groups in total. The molecule has 1 aliphatic carbocycles. The third kappa shape index (κ3) is 3.47. The van der Waals surface area contributed by atoms with Gasteiger partial charge in [0.2, 0.25) is 0 Å². The van der Waals surface area contributed by atoms with Crippen molar-refractivity contribution >= 4 is 17.2 Å². The SMILES string of the molecule is COc1ccc2c(c1)C1=NN(/C(C)=C/C(C)=O)C(c3ccc([N+](=O)[O-])cc3)C1CC2. The van der Waals surface area contributed by atoms with Gasteiger partial charge in [0.25, 0.3) is 5.69 Å². The molecular weight excluding hydrogens is 382 g/mol. The highest BCUT2D eigenvalue weighted by molar-refractivity contribution is 6.06. The monoisotopic (exact) mass is 405 g/mol. The summed E-state index contributed by atoms with van der Waals surface area (Å²) in [5, 5.41) is 17.9. The fourth-order valence-electron chi connectivity index (χ4n) is 4.40. The van der Waals surface area contributed by atoms with Crippen LogP contribution < -0.4 is 4.74 Å². The molecule has 1 aliphatic heterocycles. The van der Waals surface area contributed by atoms with Gasteiger partial charge in [0.1, 0.15) is 5.75 Å². The highest BCUT2D eigenvalue weighted by atomic mass is 16.6. The van der Waals surface area contributed by atoms with Crippen molar-refractivity contribution in [2.45, 2.75) is 32.7 Å². The van der Waals surface area contributed by atoms with E-state index in [4.69, 9.17) is 9.84 Å². The van der Waals surface area contributed by atoms with E-state index >= 15 is 0 Å². The first-order valence-electron chi connectivity index (χ1n) is 9.87. The van der Waals surface area contributed by atoms with Crippen molar-refractivity contribution in [1.82, 2.24) is 5.01 Å². The van der Waals surface area contributed by atoms with E-state index in [1.165, 1.54) is 24.6 Å². The third-order valence-electron chi connectivity index (χ3n) is 5.75. The fraction of sp³-hybridized carbons (Fsp3) is 0.304. The highest BCUT2D eigenvalue weighted by Crippen LogP contribution is 2.45. The number of nitro benzene ring substituents is 1. The van der Waals surface area contributed by atoms with Crippen molar-refractivity contribution in [3.63, 3.8) is 0 Å². The molecule has 0 saturated heterocycles. The van der Waals surface area contributed by atoms with E-state index < -0.39 is 4.92 Å². The zero-order valence-electron chi connectivity index (χ0n) is 17.2. The number of hydrogen-bond acceptors (Lipinski definition) is 6. The Hall–Kier alpha value is -3.48. The molecular formula is C23H23N3O4. The van der Waals surface area contributed by atoms with Gasteiger partial charge >= 0.3 is 0 Å². The summed E-state index contributed by atoms with van der Waals surface area (Å²) in [6, 6.07) is 12.5. The minimum atomic E-state index is -0.401. The molecule has 0 aromatic heterocycles. The molecule has 7 nitrogen and oxygen atoms in total. The van der Waals surface area contributed by atoms with Crippen molar-refractivity contribution < 1.29 is 14.5 Å². The van der Waals surface area contributed by atoms with E-state index in [0.717, 1.165) is 41.1 Å². The summed E-state index contributed by atoms with van der Waals surface area (Å²) in [6.07, 6.45) is 3.39. The van der Waals surface area contributed by atoms with Gasteiger partial charge in [0, 0.05) is 35.4 Å². The number of hydrazone groups is 1. The van der Waals surface area contributed by atoms with Crippen molar-refractivity contribution in [2.75, 3.05) is 7.11 Å². The van der Waals surface area contributed by atoms with Gasteiger partial charge in [-0.3, -0.25) is 19.9 Å². The van der Waals surface area contributed by atoms with Crippen LogP contribution in [0.4, 0.5) is 5.69 Å². The second-order valence-electron chi connectivity index (χ2n) is 7.69. The van der Waals surface area contributed by atoms with Gasteiger partial charge in [-0.1, -0.05) is 18.2 Å². The van der Waals surface area contributed by atoms with E-state index in [1.54, 1.807) is 25.3 Å². The number of benzene rings is 2. The number of hydrogen-bond donors (Lipinski definition) is 0. The number of ketones is 1. The van der Waals surface area contributed by atoms with Crippen LogP contribution in [0, 0.1) is 16.0 Å². The Morgan fingerprint density at radius 1 is 1.23 bits per heavy atom. The lowest BCUT2D eigenvalue weighted by molar-refractivity contribution is -0.384. The number of allylic oxidation sites excluding steroid dienone is 2. The number of nitrogens with zero attached hydrogens (tertiary/aromatic N) is 3. The Labute approximate surface area is 174 Å². The molecule has 0 amide bonds. The molecule has 0 radical (unpaired) electrons. The zero-order valence-corrected chi connectivity index (χ0v) is 17.2. The standard InChI is InChI=1S/C23H23N3O4/c1-14(12-15(2)27)25-23(17-4-8-18(9-5-17)26(28)29)20-11-7-16-6-10-19(30-3)13-21(16)22(20)24-25/h4-6,8-10,12-13,20,23H,7,11H2,1-3H3/b14-12+. The van der Waals surface area contributed by atoms with E-state index in [1.807, 2.05) is 24.1 Å². The van der Waals surface area contributed by atoms with Gasteiger partial charge in [0.05, 0.1) is 23.8 Å². The van der Waals surface area contributed by atoms with E-state index in [2.05, 4.69) is 6.07 Å². The van der Waals surface area contributed by atoms with E-state index in [9.17, 15) is 14.9 Å². The first-order chi connectivity index (χ1) is 14.4. The normalized spacial score (nSPS) is 20.3. The lowest BCUT2D eigenvalue weighted by atomic mass is 9.77. The number of methoxy groups -OCH3 is 1. The van der Waals surface area contributed by atoms with Gasteiger partial charge in [-0.25, -0.2) is 0 Å². The lowest BCUT2D eigenvalue weighted by Gasteiger charge is -2.31. The Balaban J connectivity index is 1.81. The van der Waals surface area contributed by atoms with Crippen LogP contribution in [0.15, 0.2) is 59.3 Å². The molecule has 2 atom stereocenters. The van der Waals surface area contributed by atoms with Crippen molar-refractivity contribution in [2.24, 2.45) is 11.0 Å². The Kier molecular flexibility index (Phi) is 5.11. The van der Waals surface area contributed by atoms with Gasteiger partial charge in [-0.05, 0) is 49.9 Å². The number of non-ortho nitro benzene ring substituents is 1. The summed E-state index contributed by atoms with van der Waals surface area (Å²) < 4.78 is 5.41. The second kappa shape index (κ2) is 7.74. The molecule has 2 aliphatic rings. The Morgan fingerprint density at radius 2 is 1.97 bits per heavy atom. The molecule has 0 saturated carbocycles. The van der Waals surface area contributed by atoms with Crippen LogP contribution in [0.1, 0.15) is 43.0 Å². The second-order valence-corrected chi connectivity index (χ2v) is 7.69. The topological polar surface area (TPSA) is 85.0 Å². The largest absolute Gasteiger partial charge is 0.497 e. The quantitative estimate of drug-likeness (QED) is 0.418. The predicted octanol–water partition coefficient (Wildman–Crippen LogP) is 4.42. The Morgan fingerprint density at radius 3 is 2.60 bits per heavy atom. The molecule has 2 aromatic carbocycles. The zero-order chi connectivity index (χ0) is 21.4. The average Bonchev–Trinajstić information content (AvgIpc) is 3.13. The maximum atomic E-state index is 11.7. The Bertz CT molecular complexity index is 1070. The van der Waals surface area contributed by atoms with Crippen molar-refractivity contribution in [3.05, 3.63) is 81.0 Å². The van der Waals surface area contributed by atoms with Crippen LogP contribution in [0.5, 0.6) is 5.75 Å². The summed E-state index contributed by atoms with van der Waals surface area (Å²) in [5.74, 6) is 0.840. The molecule has 2 unspecified atom stereocenters. The lowest BCUT2D eigenvalue weighted by Crippen LogP contribution is -2.28. The number of carbonyl (C=O) groups excluding carboxylic acids is 1. The number of nitro groups is 1. The predicted molar refractivity (Wildman–Crippen MR) is 113 cm³/mol. The maximum absolute atomic E-state index is 11.7. The molecule has 0 bridgehead atoms. The van der Waals surface area contributed by atoms with Gasteiger partial charge in [-0.15, -0.1) is 0 Å². The first-order valence-corrected chi connectivity index (χ1v) is 9.87. The number of aryl methyl sites for hydroxylation is 1. The minimum Gasteiger partial charge on any atom is -0.497 e. The van der Waals surface area contributed by atoms with Crippen LogP contribution in [-0.4, -0.2) is 28.5 Å². The van der Waals surface area contributed by atoms with Gasteiger partial charge < -0.3 is 4.74 Å². The van der Waals surface area contributed by atoms with Crippen LogP contribution in [0.25, 0.3) is 0 Å². The number of ether oxygens (including phenoxy) is 1. The van der Waals surface area contributed by atoms with Crippen LogP contribution >= 0.6 is 0 Å². The molecule has 7 heteroatoms. The molecule has 0 fully saturated rings. The molecule has 154 valence electrons. The molecule has 4 rings (SSSR count). The first kappa shape index (κ1) is 19.8. The molecule has 2 aromatic rings. The van der Waals surface area contributed by atoms with Gasteiger partial charge in [-0.2, -0.15) is 5.10 Å². The maximum Gasteiger partial charge on any atom is 0.269 e. The number of rotatable bonds is 5. The summed E-state index contributed by atoms with van der Waals surface area (Å²) >= 11 is 0. The molecule has 30 heavy (non-hydrogen) atoms. The average molecular weight is 405 g/mol. The molecule has 0 spiro atoms. The molecule has 1 heterocycles. The van der Waals surface area contributed by atoms with E-state index in [0.29, 0.717) is 0 Å². The fourth-order valence-corrected chi connectivity index (χ4v) is 4.40. The van der Waals surface area contributed by atoms with Crippen molar-refractivity contribution in [3.8, 4) is 5.75 Å². The number of carbonyl (C=O) groups is 1.